The van der Waals surface area contributed by atoms with Crippen molar-refractivity contribution < 1.29 is 0 Å². The van der Waals surface area contributed by atoms with Gasteiger partial charge in [-0.3, -0.25) is 4.90 Å². The van der Waals surface area contributed by atoms with Gasteiger partial charge in [0.2, 0.25) is 0 Å². The molecule has 1 fully saturated rings. The first-order chi connectivity index (χ1) is 8.95. The Bertz CT molecular complexity index is 411. The average molecular weight is 325 g/mol. The second-order valence-electron chi connectivity index (χ2n) is 6.59. The van der Waals surface area contributed by atoms with Gasteiger partial charge in [0.05, 0.1) is 0 Å². The van der Waals surface area contributed by atoms with Gasteiger partial charge in [-0.05, 0) is 42.6 Å². The monoisotopic (exact) mass is 324 g/mol. The molecule has 1 unspecified atom stereocenters. The summed E-state index contributed by atoms with van der Waals surface area (Å²) in [6, 6.07) is 9.23. The van der Waals surface area contributed by atoms with E-state index in [1.165, 1.54) is 23.0 Å². The van der Waals surface area contributed by atoms with E-state index >= 15 is 0 Å². The number of hydrogen-bond acceptors (Lipinski definition) is 2. The number of hydrogen-bond donors (Lipinski definition) is 1. The molecule has 0 saturated carbocycles. The van der Waals surface area contributed by atoms with Crippen LogP contribution in [-0.2, 0) is 6.54 Å². The number of benzene rings is 1. The molecule has 0 bridgehead atoms. The van der Waals surface area contributed by atoms with Gasteiger partial charge in [-0.15, -0.1) is 0 Å². The standard InChI is InChI=1S/C16H25BrN2/c1-16(2,3)15-12-19(9-5-8-18-15)11-13-6-4-7-14(17)10-13/h4,6-7,10,15,18H,5,8-9,11-12H2,1-3H3. The molecular weight excluding hydrogens is 300 g/mol. The molecule has 1 aliphatic rings. The van der Waals surface area contributed by atoms with E-state index < -0.39 is 0 Å². The van der Waals surface area contributed by atoms with Crippen molar-refractivity contribution in [1.29, 1.82) is 0 Å². The Hall–Kier alpha value is -0.380. The Kier molecular flexibility index (Phi) is 5.04. The lowest BCUT2D eigenvalue weighted by Gasteiger charge is -2.33. The van der Waals surface area contributed by atoms with Gasteiger partial charge >= 0.3 is 0 Å². The van der Waals surface area contributed by atoms with E-state index in [1.54, 1.807) is 0 Å². The third-order valence-electron chi connectivity index (χ3n) is 3.82. The van der Waals surface area contributed by atoms with Gasteiger partial charge in [-0.1, -0.05) is 48.8 Å². The highest BCUT2D eigenvalue weighted by atomic mass is 79.9. The Morgan fingerprint density at radius 2 is 2.16 bits per heavy atom. The summed E-state index contributed by atoms with van der Waals surface area (Å²) in [7, 11) is 0. The van der Waals surface area contributed by atoms with Crippen LogP contribution < -0.4 is 5.32 Å². The van der Waals surface area contributed by atoms with Crippen LogP contribution in [0.4, 0.5) is 0 Å². The molecule has 1 atom stereocenters. The zero-order chi connectivity index (χ0) is 13.9. The molecule has 0 aromatic heterocycles. The van der Waals surface area contributed by atoms with E-state index in [9.17, 15) is 0 Å². The van der Waals surface area contributed by atoms with Crippen LogP contribution in [0.3, 0.4) is 0 Å². The van der Waals surface area contributed by atoms with Crippen molar-refractivity contribution in [3.63, 3.8) is 0 Å². The first kappa shape index (κ1) is 15.0. The molecule has 1 saturated heterocycles. The summed E-state index contributed by atoms with van der Waals surface area (Å²) < 4.78 is 1.17. The van der Waals surface area contributed by atoms with Crippen molar-refractivity contribution in [3.8, 4) is 0 Å². The Morgan fingerprint density at radius 1 is 1.37 bits per heavy atom. The quantitative estimate of drug-likeness (QED) is 0.893. The predicted octanol–water partition coefficient (Wildman–Crippen LogP) is 3.66. The van der Waals surface area contributed by atoms with Crippen LogP contribution in [0.2, 0.25) is 0 Å². The van der Waals surface area contributed by atoms with Crippen molar-refractivity contribution >= 4 is 15.9 Å². The maximum absolute atomic E-state index is 3.70. The summed E-state index contributed by atoms with van der Waals surface area (Å²) in [6.45, 7) is 11.5. The molecule has 0 amide bonds. The molecular formula is C16H25BrN2. The average Bonchev–Trinajstić information content (AvgIpc) is 2.54. The molecule has 1 aliphatic heterocycles. The molecule has 0 radical (unpaired) electrons. The third-order valence-corrected chi connectivity index (χ3v) is 4.32. The highest BCUT2D eigenvalue weighted by molar-refractivity contribution is 9.10. The zero-order valence-electron chi connectivity index (χ0n) is 12.2. The van der Waals surface area contributed by atoms with E-state index in [0.29, 0.717) is 11.5 Å². The van der Waals surface area contributed by atoms with Crippen molar-refractivity contribution in [2.24, 2.45) is 5.41 Å². The summed E-state index contributed by atoms with van der Waals surface area (Å²) in [6.07, 6.45) is 1.24. The molecule has 2 rings (SSSR count). The summed E-state index contributed by atoms with van der Waals surface area (Å²) in [5.74, 6) is 0. The fraction of sp³-hybridized carbons (Fsp3) is 0.625. The van der Waals surface area contributed by atoms with Crippen molar-refractivity contribution in [1.82, 2.24) is 10.2 Å². The fourth-order valence-corrected chi connectivity index (χ4v) is 3.06. The Morgan fingerprint density at radius 3 is 2.84 bits per heavy atom. The van der Waals surface area contributed by atoms with Gasteiger partial charge in [0.1, 0.15) is 0 Å². The Balaban J connectivity index is 2.02. The first-order valence-corrected chi connectivity index (χ1v) is 7.94. The SMILES string of the molecule is CC(C)(C)C1CN(Cc2cccc(Br)c2)CCCN1. The van der Waals surface area contributed by atoms with E-state index in [4.69, 9.17) is 0 Å². The van der Waals surface area contributed by atoms with Gasteiger partial charge in [0.25, 0.3) is 0 Å². The second kappa shape index (κ2) is 6.38. The molecule has 3 heteroatoms. The molecule has 1 aromatic carbocycles. The smallest absolute Gasteiger partial charge is 0.0243 e. The molecule has 0 aliphatic carbocycles. The van der Waals surface area contributed by atoms with Crippen LogP contribution in [0, 0.1) is 5.41 Å². The molecule has 1 aromatic rings. The number of nitrogens with one attached hydrogen (secondary N) is 1. The van der Waals surface area contributed by atoms with Crippen LogP contribution in [-0.4, -0.2) is 30.6 Å². The summed E-state index contributed by atoms with van der Waals surface area (Å²) in [5.41, 5.74) is 1.71. The van der Waals surface area contributed by atoms with Gasteiger partial charge in [-0.2, -0.15) is 0 Å². The molecule has 19 heavy (non-hydrogen) atoms. The van der Waals surface area contributed by atoms with Gasteiger partial charge in [0.15, 0.2) is 0 Å². The lowest BCUT2D eigenvalue weighted by molar-refractivity contribution is 0.192. The number of rotatable bonds is 2. The predicted molar refractivity (Wildman–Crippen MR) is 85.3 cm³/mol. The summed E-state index contributed by atoms with van der Waals surface area (Å²) >= 11 is 3.56. The lowest BCUT2D eigenvalue weighted by Crippen LogP contribution is -2.46. The maximum Gasteiger partial charge on any atom is 0.0243 e. The second-order valence-corrected chi connectivity index (χ2v) is 7.51. The minimum Gasteiger partial charge on any atom is -0.312 e. The van der Waals surface area contributed by atoms with E-state index in [0.717, 1.165) is 19.6 Å². The van der Waals surface area contributed by atoms with Crippen LogP contribution in [0.5, 0.6) is 0 Å². The van der Waals surface area contributed by atoms with Gasteiger partial charge < -0.3 is 5.32 Å². The zero-order valence-corrected chi connectivity index (χ0v) is 13.8. The van der Waals surface area contributed by atoms with E-state index in [-0.39, 0.29) is 0 Å². The molecule has 2 nitrogen and oxygen atoms in total. The molecule has 1 heterocycles. The minimum absolute atomic E-state index is 0.319. The fourth-order valence-electron chi connectivity index (χ4n) is 2.61. The first-order valence-electron chi connectivity index (χ1n) is 7.15. The lowest BCUT2D eigenvalue weighted by atomic mass is 9.86. The van der Waals surface area contributed by atoms with E-state index in [1.807, 2.05) is 0 Å². The summed E-state index contributed by atoms with van der Waals surface area (Å²) in [5, 5.41) is 3.70. The van der Waals surface area contributed by atoms with Gasteiger partial charge in [-0.25, -0.2) is 0 Å². The maximum atomic E-state index is 3.70. The molecule has 1 N–H and O–H groups in total. The summed E-state index contributed by atoms with van der Waals surface area (Å²) in [4.78, 5) is 2.58. The Labute approximate surface area is 125 Å². The van der Waals surface area contributed by atoms with Crippen LogP contribution in [0.15, 0.2) is 28.7 Å². The highest BCUT2D eigenvalue weighted by Crippen LogP contribution is 2.23. The number of nitrogens with zero attached hydrogens (tertiary/aromatic N) is 1. The van der Waals surface area contributed by atoms with Crippen molar-refractivity contribution in [3.05, 3.63) is 34.3 Å². The van der Waals surface area contributed by atoms with Crippen molar-refractivity contribution in [2.75, 3.05) is 19.6 Å². The third kappa shape index (κ3) is 4.59. The normalized spacial score (nSPS) is 22.2. The topological polar surface area (TPSA) is 15.3 Å². The van der Waals surface area contributed by atoms with Crippen molar-refractivity contribution in [2.45, 2.75) is 39.8 Å². The minimum atomic E-state index is 0.319. The van der Waals surface area contributed by atoms with Crippen LogP contribution >= 0.6 is 15.9 Å². The van der Waals surface area contributed by atoms with Crippen LogP contribution in [0.25, 0.3) is 0 Å². The highest BCUT2D eigenvalue weighted by Gasteiger charge is 2.27. The van der Waals surface area contributed by atoms with Crippen LogP contribution in [0.1, 0.15) is 32.8 Å². The molecule has 106 valence electrons. The number of halogens is 1. The van der Waals surface area contributed by atoms with E-state index in [2.05, 4.69) is 71.2 Å². The van der Waals surface area contributed by atoms with Gasteiger partial charge in [0, 0.05) is 23.6 Å². The molecule has 0 spiro atoms. The largest absolute Gasteiger partial charge is 0.312 e.